The third-order valence-electron chi connectivity index (χ3n) is 4.24. The van der Waals surface area contributed by atoms with Gasteiger partial charge in [-0.1, -0.05) is 24.3 Å². The summed E-state index contributed by atoms with van der Waals surface area (Å²) < 4.78 is 7.41. The number of hydrogen-bond donors (Lipinski definition) is 1. The number of ketones is 1. The van der Waals surface area contributed by atoms with Crippen molar-refractivity contribution in [2.24, 2.45) is 0 Å². The highest BCUT2D eigenvalue weighted by Crippen LogP contribution is 2.35. The first-order chi connectivity index (χ1) is 12.9. The summed E-state index contributed by atoms with van der Waals surface area (Å²) in [4.78, 5) is 12.8. The molecule has 0 aliphatic carbocycles. The number of benzene rings is 2. The van der Waals surface area contributed by atoms with Crippen LogP contribution in [-0.2, 0) is 0 Å². The summed E-state index contributed by atoms with van der Waals surface area (Å²) in [5, 5.41) is 14.4. The van der Waals surface area contributed by atoms with Gasteiger partial charge in [-0.25, -0.2) is 4.68 Å². The number of aromatic nitrogens is 2. The van der Waals surface area contributed by atoms with Gasteiger partial charge in [-0.05, 0) is 65.7 Å². The van der Waals surface area contributed by atoms with Crippen LogP contribution in [0.3, 0.4) is 0 Å². The van der Waals surface area contributed by atoms with Gasteiger partial charge in [0.1, 0.15) is 0 Å². The highest BCUT2D eigenvalue weighted by molar-refractivity contribution is 9.10. The molecule has 0 amide bonds. The number of allylic oxidation sites excluding steroid dienone is 1. The second-order valence-corrected chi connectivity index (χ2v) is 6.90. The fraction of sp³-hybridized carbons (Fsp3) is 0.143. The van der Waals surface area contributed by atoms with Gasteiger partial charge in [0.25, 0.3) is 0 Å². The largest absolute Gasteiger partial charge is 0.503 e. The number of ether oxygens (including phenoxy) is 1. The lowest BCUT2D eigenvalue weighted by atomic mass is 10.1. The molecule has 0 unspecified atom stereocenters. The van der Waals surface area contributed by atoms with Crippen molar-refractivity contribution in [3.8, 4) is 17.2 Å². The summed E-state index contributed by atoms with van der Waals surface area (Å²) >= 11 is 3.28. The van der Waals surface area contributed by atoms with Crippen LogP contribution in [0.1, 0.15) is 27.3 Å². The number of carbonyl (C=O) groups excluding carboxylic acids is 1. The standard InChI is InChI=1S/C21H19BrN2O3/c1-13-20(14(2)24(23-13)16-7-5-4-6-8-16)18(25)10-9-15-11-17(22)21(26)19(12-15)27-3/h4-12,26H,1-3H3. The Morgan fingerprint density at radius 3 is 2.59 bits per heavy atom. The maximum atomic E-state index is 12.8. The molecule has 0 radical (unpaired) electrons. The first kappa shape index (κ1) is 18.9. The minimum atomic E-state index is -0.129. The van der Waals surface area contributed by atoms with Crippen LogP contribution in [0.15, 0.2) is 53.0 Å². The molecular formula is C21H19BrN2O3. The normalized spacial score (nSPS) is 11.1. The van der Waals surface area contributed by atoms with Gasteiger partial charge in [-0.15, -0.1) is 0 Å². The van der Waals surface area contributed by atoms with Crippen LogP contribution in [0.25, 0.3) is 11.8 Å². The van der Waals surface area contributed by atoms with Gasteiger partial charge in [0, 0.05) is 0 Å². The second kappa shape index (κ2) is 7.80. The quantitative estimate of drug-likeness (QED) is 0.467. The third-order valence-corrected chi connectivity index (χ3v) is 4.84. The van der Waals surface area contributed by atoms with Crippen molar-refractivity contribution in [2.45, 2.75) is 13.8 Å². The molecular weight excluding hydrogens is 408 g/mol. The van der Waals surface area contributed by atoms with Gasteiger partial charge in [0.15, 0.2) is 17.3 Å². The first-order valence-electron chi connectivity index (χ1n) is 8.33. The molecule has 0 saturated heterocycles. The van der Waals surface area contributed by atoms with Crippen LogP contribution in [0.5, 0.6) is 11.5 Å². The summed E-state index contributed by atoms with van der Waals surface area (Å²) in [7, 11) is 1.48. The van der Waals surface area contributed by atoms with Crippen molar-refractivity contribution in [3.63, 3.8) is 0 Å². The van der Waals surface area contributed by atoms with E-state index in [9.17, 15) is 9.90 Å². The lowest BCUT2D eigenvalue weighted by Gasteiger charge is -2.06. The molecule has 2 aromatic carbocycles. The van der Waals surface area contributed by atoms with E-state index in [2.05, 4.69) is 21.0 Å². The zero-order valence-electron chi connectivity index (χ0n) is 15.2. The van der Waals surface area contributed by atoms with Crippen LogP contribution in [0.2, 0.25) is 0 Å². The van der Waals surface area contributed by atoms with E-state index < -0.39 is 0 Å². The van der Waals surface area contributed by atoms with Gasteiger partial charge in [0.05, 0.1) is 34.2 Å². The Bertz CT molecular complexity index is 1020. The van der Waals surface area contributed by atoms with Crippen molar-refractivity contribution in [1.82, 2.24) is 9.78 Å². The Kier molecular flexibility index (Phi) is 5.46. The Labute approximate surface area is 166 Å². The van der Waals surface area contributed by atoms with Gasteiger partial charge in [-0.2, -0.15) is 5.10 Å². The molecule has 0 aliphatic rings. The number of phenols is 1. The Hall–Kier alpha value is -2.86. The van der Waals surface area contributed by atoms with Crippen LogP contribution < -0.4 is 4.74 Å². The zero-order valence-corrected chi connectivity index (χ0v) is 16.8. The molecule has 3 aromatic rings. The maximum absolute atomic E-state index is 12.8. The van der Waals surface area contributed by atoms with Crippen molar-refractivity contribution in [3.05, 3.63) is 75.5 Å². The number of hydrogen-bond acceptors (Lipinski definition) is 4. The number of methoxy groups -OCH3 is 1. The maximum Gasteiger partial charge on any atom is 0.189 e. The fourth-order valence-corrected chi connectivity index (χ4v) is 3.38. The molecule has 6 heteroatoms. The van der Waals surface area contributed by atoms with E-state index in [0.717, 1.165) is 16.9 Å². The molecule has 3 rings (SSSR count). The summed E-state index contributed by atoms with van der Waals surface area (Å²) in [6.07, 6.45) is 3.19. The van der Waals surface area contributed by atoms with Crippen LogP contribution >= 0.6 is 15.9 Å². The number of halogens is 1. The van der Waals surface area contributed by atoms with Crippen molar-refractivity contribution in [2.75, 3.05) is 7.11 Å². The molecule has 138 valence electrons. The number of aromatic hydroxyl groups is 1. The first-order valence-corrected chi connectivity index (χ1v) is 9.12. The number of phenolic OH excluding ortho intramolecular Hbond substituents is 1. The minimum Gasteiger partial charge on any atom is -0.503 e. The molecule has 0 fully saturated rings. The van der Waals surface area contributed by atoms with Crippen LogP contribution in [0, 0.1) is 13.8 Å². The molecule has 0 spiro atoms. The van der Waals surface area contributed by atoms with E-state index >= 15 is 0 Å². The van der Waals surface area contributed by atoms with Crippen molar-refractivity contribution >= 4 is 27.8 Å². The minimum absolute atomic E-state index is 0.0248. The lowest BCUT2D eigenvalue weighted by molar-refractivity contribution is 0.104. The monoisotopic (exact) mass is 426 g/mol. The molecule has 0 atom stereocenters. The van der Waals surface area contributed by atoms with Gasteiger partial charge < -0.3 is 9.84 Å². The smallest absolute Gasteiger partial charge is 0.189 e. The van der Waals surface area contributed by atoms with Gasteiger partial charge in [0.2, 0.25) is 0 Å². The molecule has 0 aliphatic heterocycles. The van der Waals surface area contributed by atoms with E-state index in [1.54, 1.807) is 22.9 Å². The highest BCUT2D eigenvalue weighted by atomic mass is 79.9. The average molecular weight is 427 g/mol. The van der Waals surface area contributed by atoms with E-state index in [1.807, 2.05) is 44.2 Å². The Morgan fingerprint density at radius 1 is 1.22 bits per heavy atom. The second-order valence-electron chi connectivity index (χ2n) is 6.04. The van der Waals surface area contributed by atoms with Crippen LogP contribution in [-0.4, -0.2) is 27.8 Å². The number of carbonyl (C=O) groups is 1. The lowest BCUT2D eigenvalue weighted by Crippen LogP contribution is -2.01. The predicted molar refractivity (Wildman–Crippen MR) is 109 cm³/mol. The molecule has 5 nitrogen and oxygen atoms in total. The van der Waals surface area contributed by atoms with E-state index in [-0.39, 0.29) is 11.5 Å². The fourth-order valence-electron chi connectivity index (χ4n) is 2.92. The Morgan fingerprint density at radius 2 is 1.93 bits per heavy atom. The zero-order chi connectivity index (χ0) is 19.6. The van der Waals surface area contributed by atoms with E-state index in [1.165, 1.54) is 13.2 Å². The van der Waals surface area contributed by atoms with Crippen LogP contribution in [0.4, 0.5) is 0 Å². The van der Waals surface area contributed by atoms with E-state index in [0.29, 0.717) is 21.5 Å². The highest BCUT2D eigenvalue weighted by Gasteiger charge is 2.17. The van der Waals surface area contributed by atoms with Crippen molar-refractivity contribution in [1.29, 1.82) is 0 Å². The van der Waals surface area contributed by atoms with E-state index in [4.69, 9.17) is 4.74 Å². The molecule has 0 saturated carbocycles. The topological polar surface area (TPSA) is 64.3 Å². The number of aryl methyl sites for hydroxylation is 1. The molecule has 1 aromatic heterocycles. The van der Waals surface area contributed by atoms with Crippen molar-refractivity contribution < 1.29 is 14.6 Å². The molecule has 27 heavy (non-hydrogen) atoms. The molecule has 1 heterocycles. The number of rotatable bonds is 5. The predicted octanol–water partition coefficient (Wildman–Crippen LogP) is 4.86. The average Bonchev–Trinajstić information content (AvgIpc) is 2.97. The van der Waals surface area contributed by atoms with Gasteiger partial charge >= 0.3 is 0 Å². The molecule has 0 bridgehead atoms. The summed E-state index contributed by atoms with van der Waals surface area (Å²) in [5.41, 5.74) is 3.69. The molecule has 1 N–H and O–H groups in total. The Balaban J connectivity index is 1.92. The van der Waals surface area contributed by atoms with Gasteiger partial charge in [-0.3, -0.25) is 4.79 Å². The third kappa shape index (κ3) is 3.80. The number of nitrogens with zero attached hydrogens (tertiary/aromatic N) is 2. The summed E-state index contributed by atoms with van der Waals surface area (Å²) in [6.45, 7) is 3.71. The SMILES string of the molecule is COc1cc(C=CC(=O)c2c(C)nn(-c3ccccc3)c2C)cc(Br)c1O. The number of para-hydroxylation sites is 1. The summed E-state index contributed by atoms with van der Waals surface area (Å²) in [5.74, 6) is 0.230. The summed E-state index contributed by atoms with van der Waals surface area (Å²) in [6, 6.07) is 13.1.